The van der Waals surface area contributed by atoms with Gasteiger partial charge < -0.3 is 25.0 Å². The van der Waals surface area contributed by atoms with Gasteiger partial charge in [-0.2, -0.15) is 9.78 Å². The van der Waals surface area contributed by atoms with Gasteiger partial charge in [-0.3, -0.25) is 0 Å². The number of epoxide rings is 1. The Hall–Kier alpha value is -3.33. The van der Waals surface area contributed by atoms with Crippen molar-refractivity contribution in [3.05, 3.63) is 42.1 Å². The summed E-state index contributed by atoms with van der Waals surface area (Å²) in [7, 11) is 0.0766. The molecular formula is C26H30FN5O4S. The van der Waals surface area contributed by atoms with Crippen LogP contribution in [0.25, 0.3) is 10.9 Å². The smallest absolute Gasteiger partial charge is 0.175 e. The highest BCUT2D eigenvalue weighted by Crippen LogP contribution is 2.37. The molecule has 0 unspecified atom stereocenters. The molecule has 0 spiro atoms. The SMILES string of the molecule is COc1cc(S(C)(=O)=O)ccc1NCC#Cn1nc2c(N[C@@H]3CCN(C)C[C@@H]3F)cccc2c1[C@@H]1CO1. The molecule has 2 saturated heterocycles. The van der Waals surface area contributed by atoms with Crippen LogP contribution in [0.1, 0.15) is 18.2 Å². The molecule has 2 aromatic carbocycles. The van der Waals surface area contributed by atoms with E-state index in [1.165, 1.54) is 19.2 Å². The minimum Gasteiger partial charge on any atom is -0.495 e. The normalized spacial score (nSPS) is 21.8. The molecule has 1 aromatic heterocycles. The fourth-order valence-electron chi connectivity index (χ4n) is 4.56. The van der Waals surface area contributed by atoms with Crippen molar-refractivity contribution in [2.75, 3.05) is 57.3 Å². The first kappa shape index (κ1) is 25.3. The summed E-state index contributed by atoms with van der Waals surface area (Å²) in [6.07, 6.45) is 0.827. The molecule has 3 aromatic rings. The van der Waals surface area contributed by atoms with E-state index in [9.17, 15) is 12.8 Å². The standard InChI is InChI=1S/C26H30FN5O4S/c1-31-13-10-20(19(27)15-31)29-22-7-4-6-18-25(22)30-32(26(18)24-16-36-24)12-5-11-28-21-9-8-17(37(3,33)34)14-23(21)35-2/h4,6-9,14,19-20,24,28-29H,10-11,13,15-16H2,1-3H3/t19-,20+,24-/m0/s1. The number of alkyl halides is 1. The van der Waals surface area contributed by atoms with Gasteiger partial charge in [0.15, 0.2) is 9.84 Å². The van der Waals surface area contributed by atoms with E-state index in [0.717, 1.165) is 35.1 Å². The highest BCUT2D eigenvalue weighted by Gasteiger charge is 2.33. The van der Waals surface area contributed by atoms with Crippen molar-refractivity contribution in [1.29, 1.82) is 0 Å². The first-order chi connectivity index (χ1) is 17.7. The number of ether oxygens (including phenoxy) is 2. The molecule has 2 fully saturated rings. The third kappa shape index (κ3) is 5.51. The Bertz CT molecular complexity index is 1480. The molecule has 5 rings (SSSR count). The second kappa shape index (κ2) is 10.2. The first-order valence-corrected chi connectivity index (χ1v) is 14.0. The summed E-state index contributed by atoms with van der Waals surface area (Å²) in [4.78, 5) is 2.18. The lowest BCUT2D eigenvalue weighted by Crippen LogP contribution is -2.46. The van der Waals surface area contributed by atoms with Crippen molar-refractivity contribution in [2.45, 2.75) is 29.6 Å². The molecule has 11 heteroatoms. The number of likely N-dealkylation sites (tertiary alicyclic amines) is 1. The lowest BCUT2D eigenvalue weighted by molar-refractivity contribution is 0.149. The predicted octanol–water partition coefficient (Wildman–Crippen LogP) is 2.89. The van der Waals surface area contributed by atoms with Gasteiger partial charge in [0.1, 0.15) is 23.5 Å². The minimum absolute atomic E-state index is 0.0802. The maximum absolute atomic E-state index is 14.7. The quantitative estimate of drug-likeness (QED) is 0.357. The fourth-order valence-corrected chi connectivity index (χ4v) is 5.20. The van der Waals surface area contributed by atoms with Crippen LogP contribution in [0.5, 0.6) is 5.75 Å². The van der Waals surface area contributed by atoms with E-state index >= 15 is 0 Å². The lowest BCUT2D eigenvalue weighted by atomic mass is 10.0. The topological polar surface area (TPSA) is 101 Å². The zero-order valence-electron chi connectivity index (χ0n) is 21.0. The summed E-state index contributed by atoms with van der Waals surface area (Å²) in [5, 5.41) is 12.2. The van der Waals surface area contributed by atoms with Gasteiger partial charge >= 0.3 is 0 Å². The van der Waals surface area contributed by atoms with Crippen LogP contribution in [0.3, 0.4) is 0 Å². The molecule has 0 radical (unpaired) electrons. The molecule has 9 nitrogen and oxygen atoms in total. The highest BCUT2D eigenvalue weighted by molar-refractivity contribution is 7.90. The first-order valence-electron chi connectivity index (χ1n) is 12.1. The Morgan fingerprint density at radius 3 is 2.78 bits per heavy atom. The summed E-state index contributed by atoms with van der Waals surface area (Å²) in [5.41, 5.74) is 3.03. The molecule has 196 valence electrons. The number of piperidine rings is 1. The zero-order valence-corrected chi connectivity index (χ0v) is 21.8. The number of methoxy groups -OCH3 is 1. The molecule has 0 amide bonds. The van der Waals surface area contributed by atoms with Gasteiger partial charge in [0.05, 0.1) is 48.3 Å². The minimum atomic E-state index is -3.34. The number of benzene rings is 2. The number of nitrogens with zero attached hydrogens (tertiary/aromatic N) is 3. The largest absolute Gasteiger partial charge is 0.495 e. The Kier molecular flexibility index (Phi) is 6.98. The zero-order chi connectivity index (χ0) is 26.2. The number of fused-ring (bicyclic) bond motifs is 1. The van der Waals surface area contributed by atoms with Crippen LogP contribution in [-0.4, -0.2) is 82.0 Å². The molecular weight excluding hydrogens is 497 g/mol. The van der Waals surface area contributed by atoms with Gasteiger partial charge in [-0.15, -0.1) is 0 Å². The highest BCUT2D eigenvalue weighted by atomic mass is 32.2. The summed E-state index contributed by atoms with van der Waals surface area (Å²) < 4.78 is 50.9. The fraction of sp³-hybridized carbons (Fsp3) is 0.423. The monoisotopic (exact) mass is 527 g/mol. The van der Waals surface area contributed by atoms with E-state index in [4.69, 9.17) is 14.6 Å². The molecule has 0 bridgehead atoms. The molecule has 3 atom stereocenters. The van der Waals surface area contributed by atoms with Gasteiger partial charge in [-0.25, -0.2) is 12.8 Å². The van der Waals surface area contributed by atoms with Crippen molar-refractivity contribution < 1.29 is 22.3 Å². The molecule has 37 heavy (non-hydrogen) atoms. The third-order valence-electron chi connectivity index (χ3n) is 6.62. The summed E-state index contributed by atoms with van der Waals surface area (Å²) in [6.45, 7) is 2.12. The van der Waals surface area contributed by atoms with Gasteiger partial charge in [-0.05, 0) is 31.7 Å². The number of hydrogen-bond acceptors (Lipinski definition) is 8. The number of hydrogen-bond donors (Lipinski definition) is 2. The Labute approximate surface area is 215 Å². The van der Waals surface area contributed by atoms with E-state index in [0.29, 0.717) is 31.0 Å². The number of sulfone groups is 1. The molecule has 2 aliphatic heterocycles. The summed E-state index contributed by atoms with van der Waals surface area (Å²) in [5.74, 6) is 3.48. The van der Waals surface area contributed by atoms with Crippen molar-refractivity contribution in [3.8, 4) is 17.7 Å². The van der Waals surface area contributed by atoms with Gasteiger partial charge in [0, 0.05) is 36.8 Å². The van der Waals surface area contributed by atoms with Crippen molar-refractivity contribution in [2.24, 2.45) is 0 Å². The van der Waals surface area contributed by atoms with Gasteiger partial charge in [0.25, 0.3) is 0 Å². The average molecular weight is 528 g/mol. The lowest BCUT2D eigenvalue weighted by Gasteiger charge is -2.33. The maximum Gasteiger partial charge on any atom is 0.175 e. The summed E-state index contributed by atoms with van der Waals surface area (Å²) >= 11 is 0. The van der Waals surface area contributed by atoms with Crippen molar-refractivity contribution >= 4 is 32.1 Å². The van der Waals surface area contributed by atoms with E-state index in [1.54, 1.807) is 10.7 Å². The van der Waals surface area contributed by atoms with Crippen LogP contribution >= 0.6 is 0 Å². The molecule has 0 aliphatic carbocycles. The van der Waals surface area contributed by atoms with Crippen molar-refractivity contribution in [3.63, 3.8) is 0 Å². The van der Waals surface area contributed by atoms with Crippen LogP contribution in [0.15, 0.2) is 41.3 Å². The van der Waals surface area contributed by atoms with Crippen molar-refractivity contribution in [1.82, 2.24) is 14.7 Å². The Morgan fingerprint density at radius 1 is 1.27 bits per heavy atom. The van der Waals surface area contributed by atoms with E-state index in [1.807, 2.05) is 30.1 Å². The predicted molar refractivity (Wildman–Crippen MR) is 141 cm³/mol. The molecule has 2 aliphatic rings. The second-order valence-corrected chi connectivity index (χ2v) is 11.4. The van der Waals surface area contributed by atoms with Crippen LogP contribution in [0.2, 0.25) is 0 Å². The number of aromatic nitrogens is 2. The molecule has 0 saturated carbocycles. The Balaban J connectivity index is 1.37. The third-order valence-corrected chi connectivity index (χ3v) is 7.73. The van der Waals surface area contributed by atoms with Gasteiger partial charge in [0.2, 0.25) is 0 Å². The van der Waals surface area contributed by atoms with Crippen LogP contribution in [0, 0.1) is 12.0 Å². The van der Waals surface area contributed by atoms with Gasteiger partial charge in [-0.1, -0.05) is 18.1 Å². The number of rotatable bonds is 7. The maximum atomic E-state index is 14.7. The van der Waals surface area contributed by atoms with E-state index in [2.05, 4.69) is 22.6 Å². The van der Waals surface area contributed by atoms with Crippen LogP contribution < -0.4 is 15.4 Å². The van der Waals surface area contributed by atoms with Crippen LogP contribution in [-0.2, 0) is 14.6 Å². The van der Waals surface area contributed by atoms with E-state index < -0.39 is 16.0 Å². The number of halogens is 1. The molecule has 2 N–H and O–H groups in total. The number of anilines is 2. The van der Waals surface area contributed by atoms with Crippen LogP contribution in [0.4, 0.5) is 15.8 Å². The summed E-state index contributed by atoms with van der Waals surface area (Å²) in [6, 6.07) is 13.3. The molecule has 3 heterocycles. The second-order valence-electron chi connectivity index (χ2n) is 9.41. The van der Waals surface area contributed by atoms with E-state index in [-0.39, 0.29) is 23.6 Å². The number of nitrogens with one attached hydrogen (secondary N) is 2. The average Bonchev–Trinajstić information content (AvgIpc) is 3.63. The Morgan fingerprint density at radius 2 is 2.08 bits per heavy atom.